The van der Waals surface area contributed by atoms with Gasteiger partial charge in [-0.2, -0.15) is 0 Å². The van der Waals surface area contributed by atoms with Crippen molar-refractivity contribution in [2.75, 3.05) is 7.11 Å². The second-order valence-electron chi connectivity index (χ2n) is 5.79. The first-order valence-electron chi connectivity index (χ1n) is 6.80. The van der Waals surface area contributed by atoms with Gasteiger partial charge in [-0.1, -0.05) is 0 Å². The molecule has 0 radical (unpaired) electrons. The molecule has 108 valence electrons. The summed E-state index contributed by atoms with van der Waals surface area (Å²) >= 11 is 0. The van der Waals surface area contributed by atoms with E-state index < -0.39 is 17.8 Å². The molecule has 2 N–H and O–H groups in total. The van der Waals surface area contributed by atoms with E-state index in [1.165, 1.54) is 7.11 Å². The van der Waals surface area contributed by atoms with Gasteiger partial charge in [0.15, 0.2) is 0 Å². The van der Waals surface area contributed by atoms with E-state index in [0.717, 1.165) is 12.8 Å². The van der Waals surface area contributed by atoms with Gasteiger partial charge in [0.1, 0.15) is 6.10 Å². The van der Waals surface area contributed by atoms with Crippen molar-refractivity contribution in [2.24, 2.45) is 0 Å². The molecule has 0 aromatic carbocycles. The van der Waals surface area contributed by atoms with E-state index in [2.05, 4.69) is 4.74 Å². The highest BCUT2D eigenvalue weighted by Gasteiger charge is 2.59. The van der Waals surface area contributed by atoms with Crippen molar-refractivity contribution >= 4 is 5.97 Å². The van der Waals surface area contributed by atoms with E-state index in [4.69, 9.17) is 9.47 Å². The monoisotopic (exact) mass is 272 g/mol. The normalized spacial score (nSPS) is 48.7. The number of carbonyl (C=O) groups excluding carboxylic acids is 1. The number of hydrogen-bond donors (Lipinski definition) is 2. The second kappa shape index (κ2) is 4.70. The highest BCUT2D eigenvalue weighted by Crippen LogP contribution is 2.49. The molecule has 3 fully saturated rings. The maximum absolute atomic E-state index is 11.3. The van der Waals surface area contributed by atoms with Gasteiger partial charge in [-0.15, -0.1) is 0 Å². The molecule has 2 saturated heterocycles. The van der Waals surface area contributed by atoms with Crippen molar-refractivity contribution in [3.05, 3.63) is 0 Å². The Morgan fingerprint density at radius 1 is 1.37 bits per heavy atom. The zero-order chi connectivity index (χ0) is 13.6. The van der Waals surface area contributed by atoms with Crippen molar-refractivity contribution in [2.45, 2.75) is 68.2 Å². The van der Waals surface area contributed by atoms with E-state index in [0.29, 0.717) is 12.8 Å². The summed E-state index contributed by atoms with van der Waals surface area (Å²) in [4.78, 5) is 11.3. The number of aliphatic hydroxyl groups is 2. The lowest BCUT2D eigenvalue weighted by Crippen LogP contribution is -2.54. The van der Waals surface area contributed by atoms with Crippen molar-refractivity contribution < 1.29 is 29.2 Å². The minimum Gasteiger partial charge on any atom is -0.469 e. The Hall–Kier alpha value is -0.690. The highest BCUT2D eigenvalue weighted by molar-refractivity contribution is 5.69. The fourth-order valence-electron chi connectivity index (χ4n) is 3.64. The number of esters is 1. The van der Waals surface area contributed by atoms with Crippen LogP contribution >= 0.6 is 0 Å². The molecule has 1 saturated carbocycles. The third kappa shape index (κ3) is 2.16. The Kier molecular flexibility index (Phi) is 3.29. The molecule has 3 aliphatic rings. The highest BCUT2D eigenvalue weighted by atomic mass is 16.6. The van der Waals surface area contributed by atoms with Crippen LogP contribution in [-0.4, -0.2) is 59.4 Å². The molecular formula is C13H20O6. The van der Waals surface area contributed by atoms with E-state index >= 15 is 0 Å². The average Bonchev–Trinajstić information content (AvgIpc) is 2.70. The summed E-state index contributed by atoms with van der Waals surface area (Å²) in [6, 6.07) is 0. The maximum atomic E-state index is 11.3. The SMILES string of the molecule is COC(=O)CC1CC[C@@H]2O[C@@H]3C[C@]2(C[C@@H](O)[C@H]3O)O1. The molecule has 19 heavy (non-hydrogen) atoms. The standard InChI is InChI=1S/C13H20O6/c1-17-11(15)4-7-2-3-10-13(19-7)5-8(14)12(16)9(6-13)18-10/h7-10,12,14,16H,2-6H2,1H3/t7?,8-,9-,10+,12-,13+/m1/s1. The molecule has 1 spiro atoms. The fourth-order valence-corrected chi connectivity index (χ4v) is 3.64. The summed E-state index contributed by atoms with van der Waals surface area (Å²) in [6.45, 7) is 0. The summed E-state index contributed by atoms with van der Waals surface area (Å²) in [5.74, 6) is -0.285. The number of methoxy groups -OCH3 is 1. The molecule has 2 heterocycles. The molecule has 6 atom stereocenters. The van der Waals surface area contributed by atoms with Crippen LogP contribution in [0.2, 0.25) is 0 Å². The Labute approximate surface area is 111 Å². The van der Waals surface area contributed by atoms with Gasteiger partial charge in [0.2, 0.25) is 0 Å². The first-order valence-corrected chi connectivity index (χ1v) is 6.80. The summed E-state index contributed by atoms with van der Waals surface area (Å²) in [5.41, 5.74) is -0.541. The minimum atomic E-state index is -0.834. The third-order valence-corrected chi connectivity index (χ3v) is 4.58. The zero-order valence-electron chi connectivity index (χ0n) is 10.9. The topological polar surface area (TPSA) is 85.2 Å². The first kappa shape index (κ1) is 13.3. The summed E-state index contributed by atoms with van der Waals surface area (Å²) < 4.78 is 16.5. The molecule has 2 bridgehead atoms. The van der Waals surface area contributed by atoms with Crippen molar-refractivity contribution in [3.8, 4) is 0 Å². The van der Waals surface area contributed by atoms with Crippen LogP contribution < -0.4 is 0 Å². The fraction of sp³-hybridized carbons (Fsp3) is 0.923. The summed E-state index contributed by atoms with van der Waals surface area (Å²) in [7, 11) is 1.36. The Morgan fingerprint density at radius 3 is 2.89 bits per heavy atom. The van der Waals surface area contributed by atoms with Gasteiger partial charge >= 0.3 is 5.97 Å². The van der Waals surface area contributed by atoms with Crippen LogP contribution in [0.3, 0.4) is 0 Å². The zero-order valence-corrected chi connectivity index (χ0v) is 10.9. The van der Waals surface area contributed by atoms with Gasteiger partial charge < -0.3 is 24.4 Å². The van der Waals surface area contributed by atoms with Crippen LogP contribution in [0, 0.1) is 0 Å². The second-order valence-corrected chi connectivity index (χ2v) is 5.79. The van der Waals surface area contributed by atoms with Crippen LogP contribution in [0.4, 0.5) is 0 Å². The number of rotatable bonds is 2. The van der Waals surface area contributed by atoms with E-state index in [1.54, 1.807) is 0 Å². The molecule has 3 rings (SSSR count). The molecule has 6 nitrogen and oxygen atoms in total. The lowest BCUT2D eigenvalue weighted by Gasteiger charge is -2.44. The Bertz CT molecular complexity index is 372. The van der Waals surface area contributed by atoms with Gasteiger partial charge in [-0.05, 0) is 12.8 Å². The number of ether oxygens (including phenoxy) is 3. The van der Waals surface area contributed by atoms with Crippen LogP contribution in [0.1, 0.15) is 32.1 Å². The van der Waals surface area contributed by atoms with Crippen molar-refractivity contribution in [3.63, 3.8) is 0 Å². The van der Waals surface area contributed by atoms with Gasteiger partial charge in [0.05, 0.1) is 43.5 Å². The Balaban J connectivity index is 1.73. The summed E-state index contributed by atoms with van der Waals surface area (Å²) in [6.07, 6.45) is 0.434. The lowest BCUT2D eigenvalue weighted by atomic mass is 9.76. The molecule has 1 aliphatic carbocycles. The molecule has 2 aliphatic heterocycles. The van der Waals surface area contributed by atoms with Crippen molar-refractivity contribution in [1.29, 1.82) is 0 Å². The number of aliphatic hydroxyl groups excluding tert-OH is 2. The van der Waals surface area contributed by atoms with E-state index in [-0.39, 0.29) is 30.7 Å². The first-order chi connectivity index (χ1) is 9.04. The predicted molar refractivity (Wildman–Crippen MR) is 63.4 cm³/mol. The molecule has 0 amide bonds. The van der Waals surface area contributed by atoms with Gasteiger partial charge in [0, 0.05) is 12.8 Å². The van der Waals surface area contributed by atoms with Gasteiger partial charge in [-0.3, -0.25) is 4.79 Å². The predicted octanol–water partition coefficient (Wildman–Crippen LogP) is -0.250. The molecule has 6 heteroatoms. The smallest absolute Gasteiger partial charge is 0.308 e. The lowest BCUT2D eigenvalue weighted by molar-refractivity contribution is -0.184. The third-order valence-electron chi connectivity index (χ3n) is 4.58. The van der Waals surface area contributed by atoms with Crippen LogP contribution in [-0.2, 0) is 19.0 Å². The number of hydrogen-bond acceptors (Lipinski definition) is 6. The number of carbonyl (C=O) groups is 1. The molecule has 0 aromatic rings. The van der Waals surface area contributed by atoms with Crippen LogP contribution in [0.5, 0.6) is 0 Å². The van der Waals surface area contributed by atoms with E-state index in [1.807, 2.05) is 0 Å². The average molecular weight is 272 g/mol. The van der Waals surface area contributed by atoms with Crippen LogP contribution in [0.15, 0.2) is 0 Å². The quantitative estimate of drug-likeness (QED) is 0.674. The Morgan fingerprint density at radius 2 is 2.16 bits per heavy atom. The van der Waals surface area contributed by atoms with Crippen LogP contribution in [0.25, 0.3) is 0 Å². The molecule has 0 aromatic heterocycles. The minimum absolute atomic E-state index is 0.0850. The van der Waals surface area contributed by atoms with Crippen molar-refractivity contribution in [1.82, 2.24) is 0 Å². The molecular weight excluding hydrogens is 252 g/mol. The summed E-state index contributed by atoms with van der Waals surface area (Å²) in [5, 5.41) is 19.8. The van der Waals surface area contributed by atoms with Gasteiger partial charge in [-0.25, -0.2) is 0 Å². The largest absolute Gasteiger partial charge is 0.469 e. The number of fused-ring (bicyclic) bond motifs is 1. The van der Waals surface area contributed by atoms with Gasteiger partial charge in [0.25, 0.3) is 0 Å². The van der Waals surface area contributed by atoms with E-state index in [9.17, 15) is 15.0 Å². The molecule has 1 unspecified atom stereocenters. The maximum Gasteiger partial charge on any atom is 0.308 e.